The number of ether oxygens (including phenoxy) is 1. The van der Waals surface area contributed by atoms with Gasteiger partial charge in [0.1, 0.15) is 0 Å². The van der Waals surface area contributed by atoms with Gasteiger partial charge in [-0.05, 0) is 11.8 Å². The Hall–Kier alpha value is -1.43. The highest BCUT2D eigenvalue weighted by molar-refractivity contribution is 5.86. The van der Waals surface area contributed by atoms with Gasteiger partial charge in [-0.3, -0.25) is 0 Å². The zero-order valence-electron chi connectivity index (χ0n) is 10.7. The standard InChI is InChI=1S/C11H19N3O3/c1-11(2,3)5-6-14-8(7-17-4)9(10(15)16)12-13-14/h5-7H2,1-4H3,(H,15,16). The van der Waals surface area contributed by atoms with Gasteiger partial charge >= 0.3 is 5.97 Å². The fourth-order valence-corrected chi connectivity index (χ4v) is 1.40. The average molecular weight is 241 g/mol. The number of nitrogens with zero attached hydrogens (tertiary/aromatic N) is 3. The van der Waals surface area contributed by atoms with Crippen LogP contribution >= 0.6 is 0 Å². The first kappa shape index (κ1) is 13.6. The highest BCUT2D eigenvalue weighted by Crippen LogP contribution is 2.20. The minimum Gasteiger partial charge on any atom is -0.476 e. The first-order valence-electron chi connectivity index (χ1n) is 5.50. The molecule has 1 N–H and O–H groups in total. The summed E-state index contributed by atoms with van der Waals surface area (Å²) in [6, 6.07) is 0. The van der Waals surface area contributed by atoms with E-state index in [1.54, 1.807) is 4.68 Å². The van der Waals surface area contributed by atoms with Crippen molar-refractivity contribution >= 4 is 5.97 Å². The van der Waals surface area contributed by atoms with Crippen LogP contribution in [0.2, 0.25) is 0 Å². The van der Waals surface area contributed by atoms with E-state index in [1.807, 2.05) is 0 Å². The molecule has 1 aromatic rings. The molecule has 0 aromatic carbocycles. The molecule has 96 valence electrons. The molecule has 0 spiro atoms. The lowest BCUT2D eigenvalue weighted by molar-refractivity contribution is 0.0684. The van der Waals surface area contributed by atoms with Crippen molar-refractivity contribution in [2.45, 2.75) is 40.3 Å². The van der Waals surface area contributed by atoms with E-state index in [1.165, 1.54) is 7.11 Å². The van der Waals surface area contributed by atoms with Crippen LogP contribution in [0, 0.1) is 5.41 Å². The Morgan fingerprint density at radius 2 is 2.12 bits per heavy atom. The molecular formula is C11H19N3O3. The van der Waals surface area contributed by atoms with Gasteiger partial charge in [-0.15, -0.1) is 5.10 Å². The van der Waals surface area contributed by atoms with Gasteiger partial charge in [-0.25, -0.2) is 9.48 Å². The van der Waals surface area contributed by atoms with Gasteiger partial charge in [0.05, 0.1) is 12.3 Å². The summed E-state index contributed by atoms with van der Waals surface area (Å²) in [4.78, 5) is 10.9. The molecule has 0 fully saturated rings. The van der Waals surface area contributed by atoms with Crippen LogP contribution in [0.15, 0.2) is 0 Å². The van der Waals surface area contributed by atoms with Crippen LogP contribution in [0.5, 0.6) is 0 Å². The van der Waals surface area contributed by atoms with Crippen molar-refractivity contribution in [2.24, 2.45) is 5.41 Å². The number of aromatic carboxylic acids is 1. The van der Waals surface area contributed by atoms with E-state index in [0.29, 0.717) is 12.2 Å². The lowest BCUT2D eigenvalue weighted by Gasteiger charge is -2.18. The molecular weight excluding hydrogens is 222 g/mol. The van der Waals surface area contributed by atoms with E-state index in [9.17, 15) is 4.79 Å². The maximum Gasteiger partial charge on any atom is 0.358 e. The highest BCUT2D eigenvalue weighted by Gasteiger charge is 2.20. The van der Waals surface area contributed by atoms with Crippen LogP contribution < -0.4 is 0 Å². The van der Waals surface area contributed by atoms with Crippen molar-refractivity contribution in [1.82, 2.24) is 15.0 Å². The monoisotopic (exact) mass is 241 g/mol. The molecule has 1 rings (SSSR count). The van der Waals surface area contributed by atoms with Crippen LogP contribution in [0.1, 0.15) is 43.4 Å². The number of aryl methyl sites for hydroxylation is 1. The Kier molecular flexibility index (Phi) is 4.22. The molecule has 0 unspecified atom stereocenters. The van der Waals surface area contributed by atoms with E-state index in [4.69, 9.17) is 9.84 Å². The van der Waals surface area contributed by atoms with Gasteiger partial charge in [0, 0.05) is 13.7 Å². The Morgan fingerprint density at radius 3 is 2.59 bits per heavy atom. The van der Waals surface area contributed by atoms with Crippen molar-refractivity contribution in [1.29, 1.82) is 0 Å². The molecule has 17 heavy (non-hydrogen) atoms. The zero-order chi connectivity index (χ0) is 13.1. The molecule has 0 saturated carbocycles. The Balaban J connectivity index is 2.88. The minimum atomic E-state index is -1.07. The summed E-state index contributed by atoms with van der Waals surface area (Å²) in [5.41, 5.74) is 0.657. The molecule has 1 aromatic heterocycles. The summed E-state index contributed by atoms with van der Waals surface area (Å²) in [5.74, 6) is -1.07. The topological polar surface area (TPSA) is 77.2 Å². The van der Waals surface area contributed by atoms with Crippen LogP contribution in [-0.2, 0) is 17.9 Å². The fourth-order valence-electron chi connectivity index (χ4n) is 1.40. The molecule has 0 bridgehead atoms. The minimum absolute atomic E-state index is 0.0271. The van der Waals surface area contributed by atoms with Gasteiger partial charge in [0.25, 0.3) is 0 Å². The van der Waals surface area contributed by atoms with Crippen molar-refractivity contribution in [3.63, 3.8) is 0 Å². The number of aromatic nitrogens is 3. The highest BCUT2D eigenvalue weighted by atomic mass is 16.5. The second kappa shape index (κ2) is 5.27. The second-order valence-electron chi connectivity index (χ2n) is 5.16. The molecule has 0 radical (unpaired) electrons. The fraction of sp³-hybridized carbons (Fsp3) is 0.727. The van der Waals surface area contributed by atoms with E-state index in [2.05, 4.69) is 31.1 Å². The smallest absolute Gasteiger partial charge is 0.358 e. The van der Waals surface area contributed by atoms with E-state index >= 15 is 0 Å². The van der Waals surface area contributed by atoms with Gasteiger partial charge in [-0.1, -0.05) is 26.0 Å². The SMILES string of the molecule is COCc1c(C(=O)O)nnn1CCC(C)(C)C. The quantitative estimate of drug-likeness (QED) is 0.846. The molecule has 0 saturated heterocycles. The lowest BCUT2D eigenvalue weighted by Crippen LogP contribution is -2.14. The third-order valence-corrected chi connectivity index (χ3v) is 2.39. The lowest BCUT2D eigenvalue weighted by atomic mass is 9.92. The first-order chi connectivity index (χ1) is 7.85. The van der Waals surface area contributed by atoms with Gasteiger partial charge in [0.15, 0.2) is 5.69 Å². The van der Waals surface area contributed by atoms with Crippen molar-refractivity contribution < 1.29 is 14.6 Å². The number of hydrogen-bond donors (Lipinski definition) is 1. The van der Waals surface area contributed by atoms with E-state index in [-0.39, 0.29) is 17.7 Å². The van der Waals surface area contributed by atoms with E-state index in [0.717, 1.165) is 6.42 Å². The van der Waals surface area contributed by atoms with Crippen LogP contribution in [0.25, 0.3) is 0 Å². The molecule has 0 aliphatic rings. The van der Waals surface area contributed by atoms with Crippen LogP contribution in [0.4, 0.5) is 0 Å². The van der Waals surface area contributed by atoms with Crippen LogP contribution in [0.3, 0.4) is 0 Å². The van der Waals surface area contributed by atoms with Crippen LogP contribution in [-0.4, -0.2) is 33.2 Å². The van der Waals surface area contributed by atoms with Gasteiger partial charge in [-0.2, -0.15) is 0 Å². The number of hydrogen-bond acceptors (Lipinski definition) is 4. The predicted molar refractivity (Wildman–Crippen MR) is 61.8 cm³/mol. The molecule has 6 heteroatoms. The van der Waals surface area contributed by atoms with Crippen molar-refractivity contribution in [3.05, 3.63) is 11.4 Å². The number of carbonyl (C=O) groups is 1. The first-order valence-corrected chi connectivity index (χ1v) is 5.50. The maximum absolute atomic E-state index is 10.9. The summed E-state index contributed by atoms with van der Waals surface area (Å²) in [7, 11) is 1.52. The summed E-state index contributed by atoms with van der Waals surface area (Å²) in [6.07, 6.45) is 0.895. The maximum atomic E-state index is 10.9. The van der Waals surface area contributed by atoms with Gasteiger partial charge < -0.3 is 9.84 Å². The summed E-state index contributed by atoms with van der Waals surface area (Å²) in [6.45, 7) is 7.22. The normalized spacial score (nSPS) is 11.8. The Bertz CT molecular complexity index is 393. The van der Waals surface area contributed by atoms with E-state index < -0.39 is 5.97 Å². The third kappa shape index (κ3) is 3.81. The summed E-state index contributed by atoms with van der Waals surface area (Å²) in [5, 5.41) is 16.5. The Labute approximate surface area is 101 Å². The average Bonchev–Trinajstić information content (AvgIpc) is 2.58. The predicted octanol–water partition coefficient (Wildman–Crippen LogP) is 1.56. The molecule has 1 heterocycles. The zero-order valence-corrected chi connectivity index (χ0v) is 10.7. The third-order valence-electron chi connectivity index (χ3n) is 2.39. The summed E-state index contributed by atoms with van der Waals surface area (Å²) >= 11 is 0. The van der Waals surface area contributed by atoms with Crippen molar-refractivity contribution in [2.75, 3.05) is 7.11 Å². The molecule has 0 amide bonds. The Morgan fingerprint density at radius 1 is 1.47 bits per heavy atom. The number of rotatable bonds is 5. The molecule has 0 atom stereocenters. The summed E-state index contributed by atoms with van der Waals surface area (Å²) < 4.78 is 6.59. The number of carboxylic acids is 1. The van der Waals surface area contributed by atoms with Gasteiger partial charge in [0.2, 0.25) is 0 Å². The number of methoxy groups -OCH3 is 1. The second-order valence-corrected chi connectivity index (χ2v) is 5.16. The molecule has 6 nitrogen and oxygen atoms in total. The largest absolute Gasteiger partial charge is 0.476 e. The van der Waals surface area contributed by atoms with Crippen molar-refractivity contribution in [3.8, 4) is 0 Å². The molecule has 0 aliphatic carbocycles. The number of carboxylic acid groups (broad SMARTS) is 1. The molecule has 0 aliphatic heterocycles.